The molecule has 4 nitrogen and oxygen atoms in total. The molecule has 0 aliphatic rings. The van der Waals surface area contributed by atoms with Gasteiger partial charge in [0, 0.05) is 18.5 Å². The molecule has 0 aliphatic carbocycles. The molecule has 0 aliphatic heterocycles. The summed E-state index contributed by atoms with van der Waals surface area (Å²) in [6, 6.07) is 5.98. The van der Waals surface area contributed by atoms with Gasteiger partial charge in [-0.2, -0.15) is 0 Å². The predicted octanol–water partition coefficient (Wildman–Crippen LogP) is 3.20. The SMILES string of the molecule is Cc1ccc([C@@H](C)CCN(C)Cc2ccon2)o1. The molecule has 2 aromatic rings. The van der Waals surface area contributed by atoms with E-state index < -0.39 is 0 Å². The number of nitrogens with zero attached hydrogens (tertiary/aromatic N) is 2. The highest BCUT2D eigenvalue weighted by atomic mass is 16.5. The highest BCUT2D eigenvalue weighted by Crippen LogP contribution is 2.21. The van der Waals surface area contributed by atoms with Crippen molar-refractivity contribution in [3.63, 3.8) is 0 Å². The van der Waals surface area contributed by atoms with Gasteiger partial charge in [0.15, 0.2) is 0 Å². The topological polar surface area (TPSA) is 42.4 Å². The minimum absolute atomic E-state index is 0.443. The van der Waals surface area contributed by atoms with Crippen LogP contribution in [0, 0.1) is 6.92 Å². The fourth-order valence-electron chi connectivity index (χ4n) is 1.95. The van der Waals surface area contributed by atoms with Crippen molar-refractivity contribution in [1.82, 2.24) is 10.1 Å². The van der Waals surface area contributed by atoms with E-state index in [2.05, 4.69) is 30.1 Å². The van der Waals surface area contributed by atoms with Gasteiger partial charge in [0.1, 0.15) is 17.8 Å². The number of hydrogen-bond donors (Lipinski definition) is 0. The molecule has 0 fully saturated rings. The Kier molecular flexibility index (Phi) is 4.20. The van der Waals surface area contributed by atoms with E-state index in [0.717, 1.165) is 36.7 Å². The number of aryl methyl sites for hydroxylation is 1. The fraction of sp³-hybridized carbons (Fsp3) is 0.500. The van der Waals surface area contributed by atoms with Gasteiger partial charge in [-0.05, 0) is 39.1 Å². The largest absolute Gasteiger partial charge is 0.466 e. The van der Waals surface area contributed by atoms with E-state index in [0.29, 0.717) is 5.92 Å². The second-order valence-electron chi connectivity index (χ2n) is 4.87. The summed E-state index contributed by atoms with van der Waals surface area (Å²) in [5.74, 6) is 2.49. The average Bonchev–Trinajstić information content (AvgIpc) is 2.97. The van der Waals surface area contributed by atoms with Crippen molar-refractivity contribution < 1.29 is 8.94 Å². The van der Waals surface area contributed by atoms with Crippen LogP contribution in [0.3, 0.4) is 0 Å². The van der Waals surface area contributed by atoms with Crippen LogP contribution in [-0.4, -0.2) is 23.6 Å². The highest BCUT2D eigenvalue weighted by Gasteiger charge is 2.11. The van der Waals surface area contributed by atoms with E-state index in [4.69, 9.17) is 8.94 Å². The summed E-state index contributed by atoms with van der Waals surface area (Å²) in [6.45, 7) is 6.00. The summed E-state index contributed by atoms with van der Waals surface area (Å²) in [7, 11) is 2.09. The molecule has 0 aromatic carbocycles. The number of aromatic nitrogens is 1. The predicted molar refractivity (Wildman–Crippen MR) is 69.3 cm³/mol. The van der Waals surface area contributed by atoms with Gasteiger partial charge in [0.25, 0.3) is 0 Å². The van der Waals surface area contributed by atoms with Gasteiger partial charge in [-0.25, -0.2) is 0 Å². The van der Waals surface area contributed by atoms with E-state index in [1.54, 1.807) is 6.26 Å². The van der Waals surface area contributed by atoms with Crippen LogP contribution in [0.4, 0.5) is 0 Å². The number of hydrogen-bond acceptors (Lipinski definition) is 4. The van der Waals surface area contributed by atoms with Crippen molar-refractivity contribution in [2.45, 2.75) is 32.7 Å². The second-order valence-corrected chi connectivity index (χ2v) is 4.87. The van der Waals surface area contributed by atoms with Crippen molar-refractivity contribution in [1.29, 1.82) is 0 Å². The molecule has 2 rings (SSSR count). The maximum atomic E-state index is 5.64. The minimum atomic E-state index is 0.443. The lowest BCUT2D eigenvalue weighted by molar-refractivity contribution is 0.293. The van der Waals surface area contributed by atoms with E-state index in [9.17, 15) is 0 Å². The summed E-state index contributed by atoms with van der Waals surface area (Å²) < 4.78 is 10.5. The highest BCUT2D eigenvalue weighted by molar-refractivity contribution is 5.09. The van der Waals surface area contributed by atoms with Gasteiger partial charge in [0.2, 0.25) is 0 Å². The van der Waals surface area contributed by atoms with Crippen LogP contribution in [-0.2, 0) is 6.54 Å². The smallest absolute Gasteiger partial charge is 0.124 e. The van der Waals surface area contributed by atoms with Gasteiger partial charge in [-0.3, -0.25) is 0 Å². The first-order chi connectivity index (χ1) is 8.65. The lowest BCUT2D eigenvalue weighted by Crippen LogP contribution is -2.20. The van der Waals surface area contributed by atoms with Crippen molar-refractivity contribution in [2.24, 2.45) is 0 Å². The van der Waals surface area contributed by atoms with Crippen LogP contribution in [0.2, 0.25) is 0 Å². The molecule has 0 amide bonds. The zero-order chi connectivity index (χ0) is 13.0. The third-order valence-corrected chi connectivity index (χ3v) is 3.11. The van der Waals surface area contributed by atoms with Crippen LogP contribution in [0.15, 0.2) is 33.4 Å². The zero-order valence-electron chi connectivity index (χ0n) is 11.2. The number of rotatable bonds is 6. The van der Waals surface area contributed by atoms with Gasteiger partial charge in [-0.15, -0.1) is 0 Å². The van der Waals surface area contributed by atoms with E-state index >= 15 is 0 Å². The third-order valence-electron chi connectivity index (χ3n) is 3.11. The Morgan fingerprint density at radius 1 is 1.33 bits per heavy atom. The van der Waals surface area contributed by atoms with Gasteiger partial charge >= 0.3 is 0 Å². The van der Waals surface area contributed by atoms with E-state index in [-0.39, 0.29) is 0 Å². The van der Waals surface area contributed by atoms with Crippen LogP contribution in [0.25, 0.3) is 0 Å². The molecule has 0 spiro atoms. The molecule has 0 saturated carbocycles. The summed E-state index contributed by atoms with van der Waals surface area (Å²) in [4.78, 5) is 2.24. The van der Waals surface area contributed by atoms with Crippen molar-refractivity contribution in [3.8, 4) is 0 Å². The number of furan rings is 1. The summed E-state index contributed by atoms with van der Waals surface area (Å²) in [6.07, 6.45) is 2.68. The van der Waals surface area contributed by atoms with Gasteiger partial charge in [-0.1, -0.05) is 12.1 Å². The summed E-state index contributed by atoms with van der Waals surface area (Å²) in [5, 5.41) is 3.91. The maximum absolute atomic E-state index is 5.64. The van der Waals surface area contributed by atoms with E-state index in [1.807, 2.05) is 19.1 Å². The lowest BCUT2D eigenvalue weighted by atomic mass is 10.1. The molecule has 4 heteroatoms. The normalized spacial score (nSPS) is 13.1. The second kappa shape index (κ2) is 5.87. The van der Waals surface area contributed by atoms with Crippen LogP contribution < -0.4 is 0 Å². The zero-order valence-corrected chi connectivity index (χ0v) is 11.2. The van der Waals surface area contributed by atoms with Crippen molar-refractivity contribution >= 4 is 0 Å². The Labute approximate surface area is 108 Å². The summed E-state index contributed by atoms with van der Waals surface area (Å²) >= 11 is 0. The molecule has 1 atom stereocenters. The Morgan fingerprint density at radius 3 is 2.78 bits per heavy atom. The molecule has 0 N–H and O–H groups in total. The van der Waals surface area contributed by atoms with Gasteiger partial charge in [0.05, 0.1) is 5.69 Å². The standard InChI is InChI=1S/C14H20N2O2/c1-11(14-5-4-12(2)18-14)6-8-16(3)10-13-7-9-17-15-13/h4-5,7,9,11H,6,8,10H2,1-3H3/t11-/m0/s1. The molecular weight excluding hydrogens is 228 g/mol. The minimum Gasteiger partial charge on any atom is -0.466 e. The first kappa shape index (κ1) is 12.9. The first-order valence-electron chi connectivity index (χ1n) is 6.29. The quantitative estimate of drug-likeness (QED) is 0.787. The molecule has 18 heavy (non-hydrogen) atoms. The molecule has 0 unspecified atom stereocenters. The molecule has 0 saturated heterocycles. The maximum Gasteiger partial charge on any atom is 0.124 e. The molecule has 0 bridgehead atoms. The third kappa shape index (κ3) is 3.47. The molecular formula is C14H20N2O2. The van der Waals surface area contributed by atoms with E-state index in [1.165, 1.54) is 0 Å². The molecule has 0 radical (unpaired) electrons. The molecule has 98 valence electrons. The Bertz CT molecular complexity index is 462. The monoisotopic (exact) mass is 248 g/mol. The van der Waals surface area contributed by atoms with Crippen LogP contribution in [0.1, 0.15) is 36.5 Å². The Morgan fingerprint density at radius 2 is 2.17 bits per heavy atom. The molecule has 2 heterocycles. The lowest BCUT2D eigenvalue weighted by Gasteiger charge is -2.17. The fourth-order valence-corrected chi connectivity index (χ4v) is 1.95. The first-order valence-corrected chi connectivity index (χ1v) is 6.29. The van der Waals surface area contributed by atoms with Gasteiger partial charge < -0.3 is 13.8 Å². The Balaban J connectivity index is 1.77. The summed E-state index contributed by atoms with van der Waals surface area (Å²) in [5.41, 5.74) is 0.971. The average molecular weight is 248 g/mol. The van der Waals surface area contributed by atoms with Crippen molar-refractivity contribution in [3.05, 3.63) is 41.7 Å². The van der Waals surface area contributed by atoms with Crippen LogP contribution >= 0.6 is 0 Å². The van der Waals surface area contributed by atoms with Crippen LogP contribution in [0.5, 0.6) is 0 Å². The Hall–Kier alpha value is -1.55. The van der Waals surface area contributed by atoms with Crippen molar-refractivity contribution in [2.75, 3.05) is 13.6 Å². The molecule has 2 aromatic heterocycles.